The van der Waals surface area contributed by atoms with Gasteiger partial charge in [-0.1, -0.05) is 46.3 Å². The number of benzene rings is 3. The van der Waals surface area contributed by atoms with Gasteiger partial charge in [0.25, 0.3) is 0 Å². The van der Waals surface area contributed by atoms with Gasteiger partial charge in [0, 0.05) is 22.2 Å². The normalized spacial score (nSPS) is 14.4. The third-order valence-corrected chi connectivity index (χ3v) is 5.50. The van der Waals surface area contributed by atoms with Crippen LogP contribution in [0.4, 0.5) is 5.69 Å². The van der Waals surface area contributed by atoms with Crippen LogP contribution in [-0.2, 0) is 4.79 Å². The van der Waals surface area contributed by atoms with Gasteiger partial charge in [-0.3, -0.25) is 10.1 Å². The number of hydrogen-bond donors (Lipinski definition) is 1. The Morgan fingerprint density at radius 1 is 1.18 bits per heavy atom. The molecule has 4 rings (SSSR count). The van der Waals surface area contributed by atoms with Crippen molar-refractivity contribution in [2.75, 3.05) is 6.61 Å². The van der Waals surface area contributed by atoms with Crippen LogP contribution in [0.3, 0.4) is 0 Å². The minimum Gasteiger partial charge on any atom is -0.475 e. The standard InChI is InChI=1S/C24H16BrN3O6/c25-15-5-3-4-14(10-15)23-17-9-8-16(11-21(17)34-24(27)18(23)12-26)33-22(29)13-32-20-7-2-1-6-19(20)28(30)31/h1-11,23H,13,27H2. The first-order chi connectivity index (χ1) is 16.4. The van der Waals surface area contributed by atoms with E-state index in [1.54, 1.807) is 18.2 Å². The summed E-state index contributed by atoms with van der Waals surface area (Å²) in [5, 5.41) is 20.7. The van der Waals surface area contributed by atoms with Crippen LogP contribution >= 0.6 is 15.9 Å². The van der Waals surface area contributed by atoms with Gasteiger partial charge < -0.3 is 19.9 Å². The molecule has 1 unspecified atom stereocenters. The highest BCUT2D eigenvalue weighted by Crippen LogP contribution is 2.43. The summed E-state index contributed by atoms with van der Waals surface area (Å²) in [4.78, 5) is 22.8. The molecular weight excluding hydrogens is 506 g/mol. The minimum absolute atomic E-state index is 0.0387. The maximum atomic E-state index is 12.3. The van der Waals surface area contributed by atoms with Gasteiger partial charge >= 0.3 is 11.7 Å². The molecule has 0 radical (unpaired) electrons. The summed E-state index contributed by atoms with van der Waals surface area (Å²) >= 11 is 3.44. The molecule has 1 heterocycles. The van der Waals surface area contributed by atoms with Gasteiger partial charge in [0.2, 0.25) is 5.88 Å². The molecule has 34 heavy (non-hydrogen) atoms. The maximum Gasteiger partial charge on any atom is 0.349 e. The Labute approximate surface area is 202 Å². The number of ether oxygens (including phenoxy) is 3. The fourth-order valence-corrected chi connectivity index (χ4v) is 3.97. The van der Waals surface area contributed by atoms with Crippen molar-refractivity contribution in [2.24, 2.45) is 5.73 Å². The Hall–Kier alpha value is -4.36. The lowest BCUT2D eigenvalue weighted by atomic mass is 9.83. The molecule has 10 heteroatoms. The van der Waals surface area contributed by atoms with Crippen LogP contribution in [0.5, 0.6) is 17.2 Å². The van der Waals surface area contributed by atoms with Crippen molar-refractivity contribution in [1.82, 2.24) is 0 Å². The van der Waals surface area contributed by atoms with E-state index in [9.17, 15) is 20.2 Å². The molecule has 1 atom stereocenters. The van der Waals surface area contributed by atoms with Crippen LogP contribution in [-0.4, -0.2) is 17.5 Å². The second kappa shape index (κ2) is 9.64. The number of nitro groups is 1. The lowest BCUT2D eigenvalue weighted by Crippen LogP contribution is -2.21. The first kappa shape index (κ1) is 22.8. The summed E-state index contributed by atoms with van der Waals surface area (Å²) in [7, 11) is 0. The maximum absolute atomic E-state index is 12.3. The summed E-state index contributed by atoms with van der Waals surface area (Å²) in [6.07, 6.45) is 0. The number of rotatable bonds is 6. The second-order valence-corrected chi connectivity index (χ2v) is 8.08. The topological polar surface area (TPSA) is 138 Å². The van der Waals surface area contributed by atoms with Crippen LogP contribution in [0.25, 0.3) is 0 Å². The Morgan fingerprint density at radius 2 is 1.97 bits per heavy atom. The molecule has 1 aliphatic rings. The molecule has 0 spiro atoms. The van der Waals surface area contributed by atoms with Crippen LogP contribution in [0.2, 0.25) is 0 Å². The Bertz CT molecular complexity index is 1360. The molecule has 3 aromatic rings. The molecule has 3 aromatic carbocycles. The summed E-state index contributed by atoms with van der Waals surface area (Å²) in [5.74, 6) is -0.806. The number of allylic oxidation sites excluding steroid dienone is 1. The molecular formula is C24H16BrN3O6. The molecule has 0 saturated heterocycles. The van der Waals surface area contributed by atoms with E-state index in [1.807, 2.05) is 24.3 Å². The molecule has 1 aliphatic heterocycles. The van der Waals surface area contributed by atoms with E-state index in [1.165, 1.54) is 24.3 Å². The number of esters is 1. The van der Waals surface area contributed by atoms with Crippen LogP contribution in [0, 0.1) is 21.4 Å². The van der Waals surface area contributed by atoms with Crippen LogP contribution in [0.15, 0.2) is 82.7 Å². The van der Waals surface area contributed by atoms with Gasteiger partial charge in [0.05, 0.1) is 10.8 Å². The number of fused-ring (bicyclic) bond motifs is 1. The van der Waals surface area contributed by atoms with Crippen molar-refractivity contribution < 1.29 is 23.9 Å². The molecule has 2 N–H and O–H groups in total. The molecule has 170 valence electrons. The number of nitrogens with two attached hydrogens (primary N) is 1. The minimum atomic E-state index is -0.765. The van der Waals surface area contributed by atoms with Crippen LogP contribution in [0.1, 0.15) is 17.0 Å². The average molecular weight is 522 g/mol. The van der Waals surface area contributed by atoms with Gasteiger partial charge in [-0.15, -0.1) is 0 Å². The number of nitriles is 1. The third-order valence-electron chi connectivity index (χ3n) is 5.01. The third kappa shape index (κ3) is 4.69. The number of halogens is 1. The van der Waals surface area contributed by atoms with Crippen molar-refractivity contribution in [3.8, 4) is 23.3 Å². The van der Waals surface area contributed by atoms with E-state index >= 15 is 0 Å². The highest BCUT2D eigenvalue weighted by atomic mass is 79.9. The smallest absolute Gasteiger partial charge is 0.349 e. The predicted octanol–water partition coefficient (Wildman–Crippen LogP) is 4.56. The quantitative estimate of drug-likeness (QED) is 0.215. The first-order valence-electron chi connectivity index (χ1n) is 9.91. The van der Waals surface area contributed by atoms with E-state index in [2.05, 4.69) is 22.0 Å². The number of para-hydroxylation sites is 2. The van der Waals surface area contributed by atoms with Gasteiger partial charge in [-0.05, 0) is 29.8 Å². The lowest BCUT2D eigenvalue weighted by Gasteiger charge is -2.26. The SMILES string of the molecule is N#CC1=C(N)Oc2cc(OC(=O)COc3ccccc3[N+](=O)[O-])ccc2C1c1cccc(Br)c1. The van der Waals surface area contributed by atoms with Crippen molar-refractivity contribution in [3.63, 3.8) is 0 Å². The fraction of sp³-hybridized carbons (Fsp3) is 0.0833. The second-order valence-electron chi connectivity index (χ2n) is 7.17. The Morgan fingerprint density at radius 3 is 2.71 bits per heavy atom. The number of hydrogen-bond acceptors (Lipinski definition) is 8. The molecule has 0 amide bonds. The first-order valence-corrected chi connectivity index (χ1v) is 10.7. The molecule has 9 nitrogen and oxygen atoms in total. The van der Waals surface area contributed by atoms with Crippen molar-refractivity contribution in [3.05, 3.63) is 104 Å². The summed E-state index contributed by atoms with van der Waals surface area (Å²) < 4.78 is 17.1. The molecule has 0 aromatic heterocycles. The number of carbonyl (C=O) groups excluding carboxylic acids is 1. The van der Waals surface area contributed by atoms with Gasteiger partial charge in [0.15, 0.2) is 12.4 Å². The average Bonchev–Trinajstić information content (AvgIpc) is 2.82. The molecule has 0 fully saturated rings. The molecule has 0 bridgehead atoms. The van der Waals surface area contributed by atoms with Crippen molar-refractivity contribution in [1.29, 1.82) is 5.26 Å². The Kier molecular flexibility index (Phi) is 6.47. The monoisotopic (exact) mass is 521 g/mol. The van der Waals surface area contributed by atoms with Crippen LogP contribution < -0.4 is 19.9 Å². The van der Waals surface area contributed by atoms with Crippen molar-refractivity contribution >= 4 is 27.6 Å². The molecule has 0 aliphatic carbocycles. The number of nitrogens with zero attached hydrogens (tertiary/aromatic N) is 2. The van der Waals surface area contributed by atoms with E-state index in [4.69, 9.17) is 19.9 Å². The summed E-state index contributed by atoms with van der Waals surface area (Å²) in [5.41, 5.74) is 7.54. The number of nitro benzene ring substituents is 1. The number of carbonyl (C=O) groups is 1. The van der Waals surface area contributed by atoms with Gasteiger partial charge in [-0.25, -0.2) is 4.79 Å². The van der Waals surface area contributed by atoms with E-state index in [0.717, 1.165) is 10.0 Å². The largest absolute Gasteiger partial charge is 0.475 e. The van der Waals surface area contributed by atoms with E-state index < -0.39 is 23.4 Å². The highest BCUT2D eigenvalue weighted by Gasteiger charge is 2.31. The highest BCUT2D eigenvalue weighted by molar-refractivity contribution is 9.10. The molecule has 0 saturated carbocycles. The zero-order chi connectivity index (χ0) is 24.2. The fourth-order valence-electron chi connectivity index (χ4n) is 3.56. The van der Waals surface area contributed by atoms with Crippen molar-refractivity contribution in [2.45, 2.75) is 5.92 Å². The lowest BCUT2D eigenvalue weighted by molar-refractivity contribution is -0.385. The zero-order valence-electron chi connectivity index (χ0n) is 17.4. The van der Waals surface area contributed by atoms with Gasteiger partial charge in [-0.2, -0.15) is 5.26 Å². The van der Waals surface area contributed by atoms with E-state index in [0.29, 0.717) is 11.3 Å². The van der Waals surface area contributed by atoms with E-state index in [-0.39, 0.29) is 28.6 Å². The Balaban J connectivity index is 1.54. The summed E-state index contributed by atoms with van der Waals surface area (Å²) in [6, 6.07) is 20.1. The van der Waals surface area contributed by atoms with Gasteiger partial charge in [0.1, 0.15) is 23.1 Å². The zero-order valence-corrected chi connectivity index (χ0v) is 19.0. The predicted molar refractivity (Wildman–Crippen MR) is 124 cm³/mol. The summed E-state index contributed by atoms with van der Waals surface area (Å²) in [6.45, 7) is -0.538.